The molecule has 1 N–H and O–H groups in total. The summed E-state index contributed by atoms with van der Waals surface area (Å²) in [5.41, 5.74) is 3.21. The van der Waals surface area contributed by atoms with Gasteiger partial charge in [-0.25, -0.2) is 4.98 Å². The number of imidazole rings is 1. The Bertz CT molecular complexity index is 966. The zero-order valence-electron chi connectivity index (χ0n) is 16.1. The molecule has 1 aliphatic heterocycles. The molecule has 0 spiro atoms. The van der Waals surface area contributed by atoms with Crippen molar-refractivity contribution in [3.05, 3.63) is 58.8 Å². The van der Waals surface area contributed by atoms with Crippen molar-refractivity contribution in [2.45, 2.75) is 26.3 Å². The van der Waals surface area contributed by atoms with E-state index in [4.69, 9.17) is 4.98 Å². The van der Waals surface area contributed by atoms with E-state index in [9.17, 15) is 4.79 Å². The highest BCUT2D eigenvalue weighted by Crippen LogP contribution is 2.25. The van der Waals surface area contributed by atoms with Gasteiger partial charge < -0.3 is 5.32 Å². The van der Waals surface area contributed by atoms with Crippen LogP contribution in [0.15, 0.2) is 53.0 Å². The summed E-state index contributed by atoms with van der Waals surface area (Å²) in [6.07, 6.45) is 2.01. The molecule has 146 valence electrons. The molecule has 6 heteroatoms. The minimum Gasteiger partial charge on any atom is -0.356 e. The first-order valence-electron chi connectivity index (χ1n) is 9.88. The smallest absolute Gasteiger partial charge is 0.224 e. The van der Waals surface area contributed by atoms with Crippen LogP contribution < -0.4 is 5.32 Å². The van der Waals surface area contributed by atoms with Crippen molar-refractivity contribution < 1.29 is 4.79 Å². The minimum atomic E-state index is 0.0687. The van der Waals surface area contributed by atoms with Gasteiger partial charge in [-0.05, 0) is 62.7 Å². The minimum absolute atomic E-state index is 0.0687. The molecule has 0 bridgehead atoms. The van der Waals surface area contributed by atoms with E-state index in [0.29, 0.717) is 6.54 Å². The van der Waals surface area contributed by atoms with Crippen LogP contribution in [0, 0.1) is 5.92 Å². The van der Waals surface area contributed by atoms with Crippen LogP contribution in [-0.4, -0.2) is 40.0 Å². The molecule has 1 fully saturated rings. The number of piperidine rings is 1. The van der Waals surface area contributed by atoms with Crippen molar-refractivity contribution in [1.29, 1.82) is 0 Å². The molecule has 4 rings (SSSR count). The number of nitrogens with zero attached hydrogens (tertiary/aromatic N) is 3. The van der Waals surface area contributed by atoms with Crippen LogP contribution in [0.5, 0.6) is 0 Å². The fourth-order valence-electron chi connectivity index (χ4n) is 3.99. The summed E-state index contributed by atoms with van der Waals surface area (Å²) in [6, 6.07) is 16.6. The molecular weight excluding hydrogens is 416 g/mol. The van der Waals surface area contributed by atoms with E-state index < -0.39 is 0 Å². The van der Waals surface area contributed by atoms with Gasteiger partial charge in [-0.2, -0.15) is 0 Å². The normalized spacial score (nSPS) is 17.7. The van der Waals surface area contributed by atoms with E-state index in [1.807, 2.05) is 13.0 Å². The number of benzene rings is 2. The molecule has 0 unspecified atom stereocenters. The number of likely N-dealkylation sites (tertiary alicyclic amines) is 1. The molecule has 0 aliphatic carbocycles. The largest absolute Gasteiger partial charge is 0.356 e. The van der Waals surface area contributed by atoms with E-state index in [0.717, 1.165) is 59.5 Å². The maximum absolute atomic E-state index is 12.3. The average Bonchev–Trinajstić information content (AvgIpc) is 3.07. The zero-order chi connectivity index (χ0) is 19.5. The lowest BCUT2D eigenvalue weighted by Crippen LogP contribution is -2.42. The monoisotopic (exact) mass is 440 g/mol. The molecule has 28 heavy (non-hydrogen) atoms. The van der Waals surface area contributed by atoms with Gasteiger partial charge in [0.25, 0.3) is 0 Å². The lowest BCUT2D eigenvalue weighted by Gasteiger charge is -2.31. The number of rotatable bonds is 5. The Morgan fingerprint density at radius 1 is 1.21 bits per heavy atom. The third kappa shape index (κ3) is 3.98. The molecule has 0 radical (unpaired) electrons. The first-order chi connectivity index (χ1) is 13.7. The van der Waals surface area contributed by atoms with Gasteiger partial charge in [-0.15, -0.1) is 0 Å². The third-order valence-corrected chi connectivity index (χ3v) is 5.84. The molecule has 5 nitrogen and oxygen atoms in total. The molecule has 2 heterocycles. The van der Waals surface area contributed by atoms with Gasteiger partial charge in [0.1, 0.15) is 5.82 Å². The highest BCUT2D eigenvalue weighted by Gasteiger charge is 2.26. The van der Waals surface area contributed by atoms with Crippen LogP contribution in [0.25, 0.3) is 16.7 Å². The first-order valence-corrected chi connectivity index (χ1v) is 10.7. The lowest BCUT2D eigenvalue weighted by atomic mass is 9.97. The molecule has 1 aliphatic rings. The Morgan fingerprint density at radius 2 is 2.00 bits per heavy atom. The summed E-state index contributed by atoms with van der Waals surface area (Å²) in [6.45, 7) is 5.18. The summed E-state index contributed by atoms with van der Waals surface area (Å²) in [4.78, 5) is 19.6. The number of aromatic nitrogens is 2. The molecule has 2 aromatic carbocycles. The molecule has 1 aromatic heterocycles. The number of amides is 1. The van der Waals surface area contributed by atoms with Gasteiger partial charge in [0.2, 0.25) is 5.91 Å². The quantitative estimate of drug-likeness (QED) is 0.648. The van der Waals surface area contributed by atoms with E-state index in [-0.39, 0.29) is 11.8 Å². The van der Waals surface area contributed by atoms with Crippen molar-refractivity contribution >= 4 is 32.9 Å². The summed E-state index contributed by atoms with van der Waals surface area (Å²) >= 11 is 3.52. The van der Waals surface area contributed by atoms with Crippen molar-refractivity contribution in [3.8, 4) is 5.69 Å². The fourth-order valence-corrected chi connectivity index (χ4v) is 4.26. The number of halogens is 1. The van der Waals surface area contributed by atoms with Crippen molar-refractivity contribution in [1.82, 2.24) is 19.8 Å². The van der Waals surface area contributed by atoms with Crippen LogP contribution in [0.1, 0.15) is 25.6 Å². The van der Waals surface area contributed by atoms with Crippen LogP contribution in [0.4, 0.5) is 0 Å². The average molecular weight is 441 g/mol. The second-order valence-electron chi connectivity index (χ2n) is 7.30. The number of hydrogen-bond acceptors (Lipinski definition) is 3. The summed E-state index contributed by atoms with van der Waals surface area (Å²) < 4.78 is 3.29. The number of nitrogens with one attached hydrogen (secondary N) is 1. The van der Waals surface area contributed by atoms with Gasteiger partial charge in [0, 0.05) is 23.2 Å². The first kappa shape index (κ1) is 19.2. The summed E-state index contributed by atoms with van der Waals surface area (Å²) in [5.74, 6) is 1.26. The SMILES string of the molecule is CCNC(=O)[C@@H]1CCCN(Cc2nc3ccccc3n2-c2ccc(Br)cc2)C1. The molecular formula is C22H25BrN4O. The van der Waals surface area contributed by atoms with Crippen LogP contribution in [0.3, 0.4) is 0 Å². The highest BCUT2D eigenvalue weighted by molar-refractivity contribution is 9.10. The predicted octanol–water partition coefficient (Wildman–Crippen LogP) is 4.14. The number of fused-ring (bicyclic) bond motifs is 1. The van der Waals surface area contributed by atoms with Gasteiger partial charge in [0.05, 0.1) is 23.5 Å². The molecule has 1 saturated heterocycles. The Hall–Kier alpha value is -2.18. The third-order valence-electron chi connectivity index (χ3n) is 5.31. The van der Waals surface area contributed by atoms with Crippen molar-refractivity contribution in [2.24, 2.45) is 5.92 Å². The van der Waals surface area contributed by atoms with E-state index in [2.05, 4.69) is 73.2 Å². The topological polar surface area (TPSA) is 50.2 Å². The fraction of sp³-hybridized carbons (Fsp3) is 0.364. The van der Waals surface area contributed by atoms with Crippen LogP contribution in [-0.2, 0) is 11.3 Å². The maximum atomic E-state index is 12.3. The van der Waals surface area contributed by atoms with Gasteiger partial charge >= 0.3 is 0 Å². The second kappa shape index (κ2) is 8.45. The standard InChI is InChI=1S/C22H25BrN4O/c1-2-24-22(28)16-6-5-13-26(14-16)15-21-25-19-7-3-4-8-20(19)27(21)18-11-9-17(23)10-12-18/h3-4,7-12,16H,2,5-6,13-15H2,1H3,(H,24,28)/t16-/m1/s1. The van der Waals surface area contributed by atoms with Crippen molar-refractivity contribution in [3.63, 3.8) is 0 Å². The molecule has 1 amide bonds. The number of para-hydroxylation sites is 2. The summed E-state index contributed by atoms with van der Waals surface area (Å²) in [7, 11) is 0. The summed E-state index contributed by atoms with van der Waals surface area (Å²) in [5, 5.41) is 2.97. The van der Waals surface area contributed by atoms with Crippen molar-refractivity contribution in [2.75, 3.05) is 19.6 Å². The number of carbonyl (C=O) groups excluding carboxylic acids is 1. The molecule has 3 aromatic rings. The van der Waals surface area contributed by atoms with Gasteiger partial charge in [0.15, 0.2) is 0 Å². The van der Waals surface area contributed by atoms with Gasteiger partial charge in [-0.1, -0.05) is 28.1 Å². The second-order valence-corrected chi connectivity index (χ2v) is 8.21. The van der Waals surface area contributed by atoms with Crippen LogP contribution in [0.2, 0.25) is 0 Å². The zero-order valence-corrected chi connectivity index (χ0v) is 17.7. The number of hydrogen-bond donors (Lipinski definition) is 1. The molecule has 0 saturated carbocycles. The maximum Gasteiger partial charge on any atom is 0.224 e. The van der Waals surface area contributed by atoms with E-state index >= 15 is 0 Å². The van der Waals surface area contributed by atoms with E-state index in [1.54, 1.807) is 0 Å². The Morgan fingerprint density at radius 3 is 2.79 bits per heavy atom. The lowest BCUT2D eigenvalue weighted by molar-refractivity contribution is -0.126. The highest BCUT2D eigenvalue weighted by atomic mass is 79.9. The molecule has 1 atom stereocenters. The van der Waals surface area contributed by atoms with Gasteiger partial charge in [-0.3, -0.25) is 14.3 Å². The Balaban J connectivity index is 1.64. The predicted molar refractivity (Wildman–Crippen MR) is 115 cm³/mol. The van der Waals surface area contributed by atoms with E-state index in [1.165, 1.54) is 0 Å². The number of carbonyl (C=O) groups is 1. The Kier molecular flexibility index (Phi) is 5.78. The Labute approximate surface area is 173 Å². The van der Waals surface area contributed by atoms with Crippen LogP contribution >= 0.6 is 15.9 Å².